The zero-order chi connectivity index (χ0) is 18.6. The minimum absolute atomic E-state index is 0.151. The molecule has 0 radical (unpaired) electrons. The lowest BCUT2D eigenvalue weighted by molar-refractivity contribution is -0.145. The third-order valence-electron chi connectivity index (χ3n) is 5.26. The molecule has 2 N–H and O–H groups in total. The molecule has 1 atom stereocenters. The molecule has 0 aliphatic heterocycles. The summed E-state index contributed by atoms with van der Waals surface area (Å²) in [4.78, 5) is 37.6. The number of carbonyl (C=O) groups excluding carboxylic acids is 3. The SMILES string of the molecule is COC(=O)C1CCc2c(O)c3c(c(O)c2C1)C(=O)c1ccccc1C3=O. The summed E-state index contributed by atoms with van der Waals surface area (Å²) in [6, 6.07) is 6.33. The Morgan fingerprint density at radius 3 is 2.08 bits per heavy atom. The zero-order valence-electron chi connectivity index (χ0n) is 14.0. The van der Waals surface area contributed by atoms with Gasteiger partial charge >= 0.3 is 5.97 Å². The maximum Gasteiger partial charge on any atom is 0.309 e. The summed E-state index contributed by atoms with van der Waals surface area (Å²) in [5, 5.41) is 21.5. The van der Waals surface area contributed by atoms with Gasteiger partial charge in [-0.15, -0.1) is 0 Å². The molecule has 0 fully saturated rings. The summed E-state index contributed by atoms with van der Waals surface area (Å²) in [5.74, 6) is -2.46. The van der Waals surface area contributed by atoms with Crippen molar-refractivity contribution in [3.8, 4) is 11.5 Å². The first-order valence-electron chi connectivity index (χ1n) is 8.31. The first-order valence-corrected chi connectivity index (χ1v) is 8.31. The third kappa shape index (κ3) is 2.08. The van der Waals surface area contributed by atoms with Crippen LogP contribution in [0.5, 0.6) is 11.5 Å². The van der Waals surface area contributed by atoms with Crippen LogP contribution in [0.25, 0.3) is 0 Å². The number of aromatic hydroxyl groups is 2. The van der Waals surface area contributed by atoms with Crippen LogP contribution in [0.2, 0.25) is 0 Å². The molecule has 1 unspecified atom stereocenters. The molecular weight excluding hydrogens is 336 g/mol. The summed E-state index contributed by atoms with van der Waals surface area (Å²) in [5.41, 5.74) is 0.824. The quantitative estimate of drug-likeness (QED) is 0.514. The third-order valence-corrected chi connectivity index (χ3v) is 5.26. The Morgan fingerprint density at radius 2 is 1.54 bits per heavy atom. The van der Waals surface area contributed by atoms with Gasteiger partial charge in [-0.1, -0.05) is 24.3 Å². The number of methoxy groups -OCH3 is 1. The lowest BCUT2D eigenvalue weighted by Gasteiger charge is -2.28. The van der Waals surface area contributed by atoms with E-state index in [9.17, 15) is 24.6 Å². The van der Waals surface area contributed by atoms with E-state index in [2.05, 4.69) is 0 Å². The molecule has 6 heteroatoms. The van der Waals surface area contributed by atoms with E-state index in [1.165, 1.54) is 19.2 Å². The molecule has 0 amide bonds. The fraction of sp³-hybridized carbons (Fsp3) is 0.250. The highest BCUT2D eigenvalue weighted by molar-refractivity contribution is 6.30. The van der Waals surface area contributed by atoms with Crippen molar-refractivity contribution in [3.63, 3.8) is 0 Å². The standard InChI is InChI=1S/C20H16O6/c1-26-20(25)9-6-7-12-13(8-9)19(24)15-14(18(12)23)16(21)10-4-2-3-5-11(10)17(15)22/h2-5,9,23-24H,6-8H2,1H3. The molecule has 0 saturated carbocycles. The van der Waals surface area contributed by atoms with Crippen molar-refractivity contribution in [1.29, 1.82) is 0 Å². The van der Waals surface area contributed by atoms with Crippen LogP contribution in [0.1, 0.15) is 49.4 Å². The Labute approximate surface area is 149 Å². The maximum atomic E-state index is 12.9. The number of benzene rings is 2. The van der Waals surface area contributed by atoms with Crippen LogP contribution in [0.15, 0.2) is 24.3 Å². The van der Waals surface area contributed by atoms with Gasteiger partial charge in [0.15, 0.2) is 11.6 Å². The number of hydrogen-bond donors (Lipinski definition) is 2. The number of rotatable bonds is 1. The van der Waals surface area contributed by atoms with Gasteiger partial charge in [0.2, 0.25) is 0 Å². The van der Waals surface area contributed by atoms with Gasteiger partial charge < -0.3 is 14.9 Å². The number of ketones is 2. The number of hydrogen-bond acceptors (Lipinski definition) is 6. The number of phenols is 2. The zero-order valence-corrected chi connectivity index (χ0v) is 14.0. The lowest BCUT2D eigenvalue weighted by Crippen LogP contribution is -2.27. The van der Waals surface area contributed by atoms with Crippen LogP contribution < -0.4 is 0 Å². The summed E-state index contributed by atoms with van der Waals surface area (Å²) < 4.78 is 4.77. The van der Waals surface area contributed by atoms with Gasteiger partial charge in [-0.25, -0.2) is 0 Å². The largest absolute Gasteiger partial charge is 0.507 e. The highest BCUT2D eigenvalue weighted by Gasteiger charge is 2.39. The van der Waals surface area contributed by atoms with Crippen LogP contribution >= 0.6 is 0 Å². The Hall–Kier alpha value is -3.15. The van der Waals surface area contributed by atoms with Crippen LogP contribution in [-0.2, 0) is 22.4 Å². The summed E-state index contributed by atoms with van der Waals surface area (Å²) in [7, 11) is 1.29. The average Bonchev–Trinajstić information content (AvgIpc) is 2.67. The summed E-state index contributed by atoms with van der Waals surface area (Å²) >= 11 is 0. The molecule has 0 bridgehead atoms. The molecule has 2 aliphatic carbocycles. The maximum absolute atomic E-state index is 12.9. The van der Waals surface area contributed by atoms with E-state index in [1.807, 2.05) is 0 Å². The van der Waals surface area contributed by atoms with Gasteiger partial charge in [0.05, 0.1) is 24.2 Å². The molecule has 6 nitrogen and oxygen atoms in total. The number of esters is 1. The van der Waals surface area contributed by atoms with Gasteiger partial charge in [0.25, 0.3) is 0 Å². The highest BCUT2D eigenvalue weighted by Crippen LogP contribution is 2.46. The van der Waals surface area contributed by atoms with Gasteiger partial charge in [-0.05, 0) is 19.3 Å². The first kappa shape index (κ1) is 16.3. The summed E-state index contributed by atoms with van der Waals surface area (Å²) in [6.07, 6.45) is 0.896. The second-order valence-electron chi connectivity index (χ2n) is 6.57. The molecule has 132 valence electrons. The van der Waals surface area contributed by atoms with Crippen molar-refractivity contribution >= 4 is 17.5 Å². The van der Waals surface area contributed by atoms with E-state index < -0.39 is 23.5 Å². The van der Waals surface area contributed by atoms with Crippen molar-refractivity contribution in [2.45, 2.75) is 19.3 Å². The highest BCUT2D eigenvalue weighted by atomic mass is 16.5. The summed E-state index contributed by atoms with van der Waals surface area (Å²) in [6.45, 7) is 0. The van der Waals surface area contributed by atoms with Crippen LogP contribution in [0.3, 0.4) is 0 Å². The molecule has 0 saturated heterocycles. The fourth-order valence-corrected chi connectivity index (χ4v) is 3.94. The van der Waals surface area contributed by atoms with Crippen molar-refractivity contribution < 1.29 is 29.3 Å². The minimum atomic E-state index is -0.508. The van der Waals surface area contributed by atoms with E-state index in [0.717, 1.165) is 0 Å². The molecule has 2 aromatic carbocycles. The van der Waals surface area contributed by atoms with Crippen LogP contribution in [0.4, 0.5) is 0 Å². The van der Waals surface area contributed by atoms with E-state index in [1.54, 1.807) is 12.1 Å². The van der Waals surface area contributed by atoms with Crippen molar-refractivity contribution in [2.24, 2.45) is 5.92 Å². The smallest absolute Gasteiger partial charge is 0.309 e. The molecule has 2 aliphatic rings. The fourth-order valence-electron chi connectivity index (χ4n) is 3.94. The monoisotopic (exact) mass is 352 g/mol. The Morgan fingerprint density at radius 1 is 1.00 bits per heavy atom. The Balaban J connectivity index is 1.94. The number of fused-ring (bicyclic) bond motifs is 3. The minimum Gasteiger partial charge on any atom is -0.507 e. The number of carbonyl (C=O) groups is 3. The number of ether oxygens (including phenoxy) is 1. The molecule has 0 spiro atoms. The van der Waals surface area contributed by atoms with Crippen LogP contribution in [-0.4, -0.2) is 34.9 Å². The van der Waals surface area contributed by atoms with Crippen molar-refractivity contribution in [3.05, 3.63) is 57.6 Å². The predicted octanol–water partition coefficient (Wildman–Crippen LogP) is 2.15. The van der Waals surface area contributed by atoms with Gasteiger partial charge in [0, 0.05) is 22.3 Å². The predicted molar refractivity (Wildman–Crippen MR) is 90.6 cm³/mol. The number of phenolic OH excluding ortho intramolecular Hbond substituents is 2. The molecule has 26 heavy (non-hydrogen) atoms. The van der Waals surface area contributed by atoms with Crippen molar-refractivity contribution in [2.75, 3.05) is 7.11 Å². The van der Waals surface area contributed by atoms with Gasteiger partial charge in [-0.2, -0.15) is 0 Å². The molecule has 0 heterocycles. The lowest BCUT2D eigenvalue weighted by atomic mass is 9.75. The van der Waals surface area contributed by atoms with Gasteiger partial charge in [0.1, 0.15) is 11.5 Å². The molecule has 2 aromatic rings. The van der Waals surface area contributed by atoms with Crippen molar-refractivity contribution in [1.82, 2.24) is 0 Å². The van der Waals surface area contributed by atoms with Gasteiger partial charge in [-0.3, -0.25) is 14.4 Å². The Bertz CT molecular complexity index is 988. The molecule has 0 aromatic heterocycles. The Kier molecular flexibility index (Phi) is 3.57. The van der Waals surface area contributed by atoms with E-state index >= 15 is 0 Å². The average molecular weight is 352 g/mol. The van der Waals surface area contributed by atoms with Crippen LogP contribution in [0, 0.1) is 5.92 Å². The van der Waals surface area contributed by atoms with E-state index in [-0.39, 0.29) is 40.2 Å². The molecule has 4 rings (SSSR count). The van der Waals surface area contributed by atoms with E-state index in [4.69, 9.17) is 4.74 Å². The topological polar surface area (TPSA) is 101 Å². The second-order valence-corrected chi connectivity index (χ2v) is 6.57. The second kappa shape index (κ2) is 5.69. The molecular formula is C20H16O6. The first-order chi connectivity index (χ1) is 12.5. The normalized spacial score (nSPS) is 18.0. The van der Waals surface area contributed by atoms with E-state index in [0.29, 0.717) is 24.0 Å².